The molecule has 16 rings (SSSR count). The largest absolute Gasteiger partial charge is 0.390 e. The van der Waals surface area contributed by atoms with Gasteiger partial charge < -0.3 is 98.5 Å². The average Bonchev–Trinajstić information content (AvgIpc) is 1.64. The fourth-order valence-electron chi connectivity index (χ4n) is 14.2. The van der Waals surface area contributed by atoms with Gasteiger partial charge >= 0.3 is 0 Å². The Hall–Kier alpha value is -9.02. The maximum absolute atomic E-state index is 10.6. The van der Waals surface area contributed by atoms with Crippen LogP contribution in [0.1, 0.15) is 94.5 Å². The van der Waals surface area contributed by atoms with Gasteiger partial charge in [-0.1, -0.05) is 60.7 Å². The molecule has 0 bridgehead atoms. The third-order valence-corrected chi connectivity index (χ3v) is 20.2. The van der Waals surface area contributed by atoms with Gasteiger partial charge in [-0.3, -0.25) is 9.36 Å². The number of aliphatic hydroxyl groups excluding tert-OH is 12. The lowest BCUT2D eigenvalue weighted by molar-refractivity contribution is -0.0850. The standard InChI is InChI=1S/2C21H24N2O4.2C17H20N4O4/c2*1-13-9-11-22-20-15(13)10-12-23(20)21-18(26)17(25)19(27-21)16(24)8-7-14-5-3-2-4-6-14;2*1-9-3-5-18-16-11(9)4-6-21(16)17-14(24)13(23)15(25-17)12(22)10-7-19-20(2)8-10/h2*2-6,9-12,16-19,21,24-26H,7-8H2,1H3;2*3-8,12-15,17,22-24H,1-2H3/t16-,17+,18-,19-,21-;16-,17-,18+,19+,21+;12-,13+,14-,15-,17-;12-,13-,14+,15+,17+/m1010/s1. The number of ether oxygens (including phenoxy) is 4. The number of hydrogen-bond acceptors (Lipinski definition) is 22. The minimum absolute atomic E-state index is 0.439. The van der Waals surface area contributed by atoms with Crippen molar-refractivity contribution in [3.8, 4) is 0 Å². The van der Waals surface area contributed by atoms with E-state index < -0.39 is 123 Å². The molecule has 4 fully saturated rings. The van der Waals surface area contributed by atoms with Crippen LogP contribution in [0.3, 0.4) is 0 Å². The summed E-state index contributed by atoms with van der Waals surface area (Å²) < 4.78 is 33.4. The summed E-state index contributed by atoms with van der Waals surface area (Å²) in [6.45, 7) is 7.94. The maximum Gasteiger partial charge on any atom is 0.164 e. The van der Waals surface area contributed by atoms with Crippen molar-refractivity contribution >= 4 is 44.1 Å². The second-order valence-electron chi connectivity index (χ2n) is 27.2. The highest BCUT2D eigenvalue weighted by molar-refractivity contribution is 5.82. The number of fused-ring (bicyclic) bond motifs is 4. The quantitative estimate of drug-likeness (QED) is 0.0619. The van der Waals surface area contributed by atoms with Crippen molar-refractivity contribution in [3.63, 3.8) is 0 Å². The van der Waals surface area contributed by atoms with Crippen molar-refractivity contribution in [1.82, 2.24) is 57.8 Å². The topological polar surface area (TPSA) is 387 Å². The van der Waals surface area contributed by atoms with Gasteiger partial charge in [0.15, 0.2) is 24.9 Å². The molecule has 12 aromatic rings. The fourth-order valence-corrected chi connectivity index (χ4v) is 14.2. The Kier molecular flexibility index (Phi) is 22.1. The van der Waals surface area contributed by atoms with E-state index in [2.05, 4.69) is 30.1 Å². The second-order valence-corrected chi connectivity index (χ2v) is 27.2. The van der Waals surface area contributed by atoms with Gasteiger partial charge in [-0.05, 0) is 135 Å². The molecular weight excluding hydrogens is 1340 g/mol. The molecule has 0 unspecified atom stereocenters. The number of benzene rings is 2. The van der Waals surface area contributed by atoms with E-state index in [1.165, 1.54) is 12.4 Å². The van der Waals surface area contributed by atoms with E-state index in [4.69, 9.17) is 18.9 Å². The van der Waals surface area contributed by atoms with Gasteiger partial charge in [-0.25, -0.2) is 19.9 Å². The van der Waals surface area contributed by atoms with Crippen molar-refractivity contribution in [2.75, 3.05) is 0 Å². The van der Waals surface area contributed by atoms with Gasteiger partial charge in [0.2, 0.25) is 0 Å². The number of nitrogens with zero attached hydrogens (tertiary/aromatic N) is 12. The molecular formula is C76H88N12O16. The van der Waals surface area contributed by atoms with Gasteiger partial charge in [0.1, 0.15) is 108 Å². The first kappa shape index (κ1) is 73.3. The number of aromatic nitrogens is 12. The summed E-state index contributed by atoms with van der Waals surface area (Å²) in [7, 11) is 3.47. The molecule has 0 radical (unpaired) electrons. The lowest BCUT2D eigenvalue weighted by atomic mass is 9.99. The zero-order valence-corrected chi connectivity index (χ0v) is 58.1. The summed E-state index contributed by atoms with van der Waals surface area (Å²) in [5.74, 6) is 0. The number of rotatable bonds is 16. The monoisotopic (exact) mass is 1420 g/mol. The van der Waals surface area contributed by atoms with Gasteiger partial charge in [-0.2, -0.15) is 10.2 Å². The van der Waals surface area contributed by atoms with Gasteiger partial charge in [0, 0.05) is 109 Å². The second kappa shape index (κ2) is 31.4. The van der Waals surface area contributed by atoms with Crippen LogP contribution >= 0.6 is 0 Å². The van der Waals surface area contributed by atoms with Crippen LogP contribution in [0.4, 0.5) is 0 Å². The van der Waals surface area contributed by atoms with Crippen LogP contribution < -0.4 is 0 Å². The van der Waals surface area contributed by atoms with Gasteiger partial charge in [0.05, 0.1) is 24.6 Å². The van der Waals surface area contributed by atoms with Crippen LogP contribution in [0.5, 0.6) is 0 Å². The van der Waals surface area contributed by atoms with Crippen molar-refractivity contribution < 1.29 is 80.2 Å². The molecule has 0 amide bonds. The lowest BCUT2D eigenvalue weighted by Gasteiger charge is -2.21. The van der Waals surface area contributed by atoms with Crippen LogP contribution in [0.15, 0.2) is 184 Å². The van der Waals surface area contributed by atoms with E-state index in [0.29, 0.717) is 59.4 Å². The molecule has 10 aromatic heterocycles. The highest BCUT2D eigenvalue weighted by Crippen LogP contribution is 2.41. The predicted octanol–water partition coefficient (Wildman–Crippen LogP) is 4.78. The summed E-state index contributed by atoms with van der Waals surface area (Å²) in [6.07, 6.45) is 2.17. The SMILES string of the molecule is Cc1ccnc2c1ccn2[C@@H]1O[C@H]([C@@H](O)CCc2ccccc2)[C@@H](O)[C@H]1O.Cc1ccnc2c1ccn2[C@@H]1O[C@H]([C@@H](O)c2cnn(C)c2)[C@@H](O)[C@H]1O.Cc1ccnc2c1ccn2[C@@H]1O[C@H]([C@H](O)CCc2ccccc2)[C@@H](O)[C@H]1O.Cc1ccnc2c1ccn2[C@@H]1O[C@H]([C@H](O)c2cnn(C)c2)[C@@H](O)[C@H]1O. The number of aliphatic hydroxyl groups is 12. The third kappa shape index (κ3) is 14.7. The number of hydrogen-bond donors (Lipinski definition) is 12. The first-order chi connectivity index (χ1) is 50.1. The van der Waals surface area contributed by atoms with Crippen LogP contribution in [0.2, 0.25) is 0 Å². The van der Waals surface area contributed by atoms with E-state index in [0.717, 1.165) is 54.9 Å². The Morgan fingerprint density at radius 1 is 0.356 bits per heavy atom. The van der Waals surface area contributed by atoms with Crippen LogP contribution in [-0.4, -0.2) is 204 Å². The first-order valence-electron chi connectivity index (χ1n) is 34.6. The summed E-state index contributed by atoms with van der Waals surface area (Å²) in [6, 6.07) is 35.0. The zero-order valence-electron chi connectivity index (χ0n) is 58.1. The molecule has 0 aliphatic carbocycles. The minimum Gasteiger partial charge on any atom is -0.390 e. The summed E-state index contributed by atoms with van der Waals surface area (Å²) in [5, 5.41) is 138. The Morgan fingerprint density at radius 3 is 0.894 bits per heavy atom. The molecule has 4 saturated heterocycles. The summed E-state index contributed by atoms with van der Waals surface area (Å²) in [5.41, 5.74) is 10.2. The molecule has 104 heavy (non-hydrogen) atoms. The van der Waals surface area contributed by atoms with Crippen molar-refractivity contribution in [2.24, 2.45) is 14.1 Å². The molecule has 548 valence electrons. The molecule has 4 aliphatic heterocycles. The van der Waals surface area contributed by atoms with Crippen LogP contribution in [0, 0.1) is 27.7 Å². The van der Waals surface area contributed by atoms with E-state index >= 15 is 0 Å². The van der Waals surface area contributed by atoms with Gasteiger partial charge in [0.25, 0.3) is 0 Å². The Bertz CT molecular complexity index is 4530. The molecule has 0 saturated carbocycles. The van der Waals surface area contributed by atoms with E-state index in [1.54, 1.807) is 104 Å². The molecule has 4 aliphatic rings. The first-order valence-corrected chi connectivity index (χ1v) is 34.6. The van der Waals surface area contributed by atoms with E-state index in [-0.39, 0.29) is 0 Å². The van der Waals surface area contributed by atoms with E-state index in [1.807, 2.05) is 137 Å². The highest BCUT2D eigenvalue weighted by Gasteiger charge is 2.51. The third-order valence-electron chi connectivity index (χ3n) is 20.2. The molecule has 14 heterocycles. The highest BCUT2D eigenvalue weighted by atomic mass is 16.6. The number of aryl methyl sites for hydroxylation is 8. The fraction of sp³-hybridized carbons (Fsp3) is 0.395. The molecule has 20 atom stereocenters. The lowest BCUT2D eigenvalue weighted by Crippen LogP contribution is -2.38. The number of pyridine rings is 4. The zero-order chi connectivity index (χ0) is 73.4. The van der Waals surface area contributed by atoms with Gasteiger partial charge in [-0.15, -0.1) is 0 Å². The molecule has 12 N–H and O–H groups in total. The van der Waals surface area contributed by atoms with Crippen LogP contribution in [-0.2, 0) is 45.9 Å². The summed E-state index contributed by atoms with van der Waals surface area (Å²) >= 11 is 0. The van der Waals surface area contributed by atoms with E-state index in [9.17, 15) is 61.3 Å². The van der Waals surface area contributed by atoms with Crippen molar-refractivity contribution in [3.05, 3.63) is 228 Å². The normalized spacial score (nSPS) is 27.2. The Balaban J connectivity index is 0.000000123. The maximum atomic E-state index is 10.6. The van der Waals surface area contributed by atoms with Crippen LogP contribution in [0.25, 0.3) is 44.1 Å². The Morgan fingerprint density at radius 2 is 0.625 bits per heavy atom. The molecule has 2 aromatic carbocycles. The van der Waals surface area contributed by atoms with Crippen molar-refractivity contribution in [1.29, 1.82) is 0 Å². The smallest absolute Gasteiger partial charge is 0.164 e. The van der Waals surface area contributed by atoms with Crippen molar-refractivity contribution in [2.45, 2.75) is 176 Å². The Labute approximate surface area is 597 Å². The predicted molar refractivity (Wildman–Crippen MR) is 379 cm³/mol. The molecule has 28 nitrogen and oxygen atoms in total. The minimum atomic E-state index is -1.23. The summed E-state index contributed by atoms with van der Waals surface area (Å²) in [4.78, 5) is 17.5. The average molecular weight is 1430 g/mol. The molecule has 0 spiro atoms. The molecule has 28 heteroatoms.